The minimum Gasteiger partial charge on any atom is -0.396 e. The maximum atomic E-state index is 9.31. The van der Waals surface area contributed by atoms with Gasteiger partial charge in [0.1, 0.15) is 11.0 Å². The first-order valence-electron chi connectivity index (χ1n) is 8.05. The molecule has 0 radical (unpaired) electrons. The van der Waals surface area contributed by atoms with Gasteiger partial charge in [0.15, 0.2) is 0 Å². The highest BCUT2D eigenvalue weighted by atomic mass is 35.5. The van der Waals surface area contributed by atoms with Crippen molar-refractivity contribution in [2.75, 3.05) is 6.61 Å². The fourth-order valence-corrected chi connectivity index (χ4v) is 3.89. The lowest BCUT2D eigenvalue weighted by Crippen LogP contribution is -2.10. The molecule has 2 N–H and O–H groups in total. The van der Waals surface area contributed by atoms with Gasteiger partial charge in [-0.3, -0.25) is 0 Å². The van der Waals surface area contributed by atoms with Gasteiger partial charge < -0.3 is 5.11 Å². The Morgan fingerprint density at radius 3 is 2.82 bits per heavy atom. The normalized spacial score (nSPS) is 23.5. The largest absolute Gasteiger partial charge is 0.396 e. The van der Waals surface area contributed by atoms with E-state index in [2.05, 4.69) is 27.6 Å². The number of fused-ring (bicyclic) bond motifs is 1. The standard InChI is InChI=1S/C17H20ClN3O/c18-16(12-5-6-12)15-13(7-8-14-17(15)20-21-19-14)11-3-1-10(9-22)2-4-11/h3,7-8,10,12,16,22H,1-2,4-6,9H2,(H,19,20,21). The summed E-state index contributed by atoms with van der Waals surface area (Å²) in [6, 6.07) is 4.16. The number of rotatable bonds is 4. The highest BCUT2D eigenvalue weighted by molar-refractivity contribution is 6.22. The Morgan fingerprint density at radius 2 is 2.14 bits per heavy atom. The molecule has 5 heteroatoms. The number of nitrogens with zero attached hydrogens (tertiary/aromatic N) is 2. The predicted octanol–water partition coefficient (Wildman–Crippen LogP) is 3.82. The fraction of sp³-hybridized carbons (Fsp3) is 0.529. The van der Waals surface area contributed by atoms with Crippen molar-refractivity contribution in [2.24, 2.45) is 11.8 Å². The summed E-state index contributed by atoms with van der Waals surface area (Å²) >= 11 is 6.77. The van der Waals surface area contributed by atoms with Crippen LogP contribution in [0.3, 0.4) is 0 Å². The van der Waals surface area contributed by atoms with E-state index in [9.17, 15) is 5.11 Å². The van der Waals surface area contributed by atoms with Crippen LogP contribution in [0.1, 0.15) is 48.6 Å². The molecule has 0 amide bonds. The number of hydrogen-bond donors (Lipinski definition) is 2. The third kappa shape index (κ3) is 2.44. The van der Waals surface area contributed by atoms with Crippen LogP contribution < -0.4 is 0 Å². The Kier molecular flexibility index (Phi) is 3.66. The Balaban J connectivity index is 1.79. The topological polar surface area (TPSA) is 61.8 Å². The summed E-state index contributed by atoms with van der Waals surface area (Å²) in [5.41, 5.74) is 5.51. The van der Waals surface area contributed by atoms with E-state index in [0.29, 0.717) is 11.8 Å². The van der Waals surface area contributed by atoms with Crippen LogP contribution in [0.5, 0.6) is 0 Å². The number of aliphatic hydroxyl groups excluding tert-OH is 1. The van der Waals surface area contributed by atoms with Gasteiger partial charge in [-0.1, -0.05) is 12.1 Å². The van der Waals surface area contributed by atoms with E-state index in [-0.39, 0.29) is 12.0 Å². The summed E-state index contributed by atoms with van der Waals surface area (Å²) in [6.07, 6.45) is 7.65. The molecule has 2 aliphatic rings. The van der Waals surface area contributed by atoms with E-state index in [1.807, 2.05) is 6.07 Å². The van der Waals surface area contributed by atoms with E-state index >= 15 is 0 Å². The molecule has 0 saturated heterocycles. The Labute approximate surface area is 134 Å². The predicted molar refractivity (Wildman–Crippen MR) is 87.6 cm³/mol. The monoisotopic (exact) mass is 317 g/mol. The van der Waals surface area contributed by atoms with Gasteiger partial charge in [0.05, 0.1) is 5.38 Å². The van der Waals surface area contributed by atoms with Crippen molar-refractivity contribution in [1.82, 2.24) is 15.4 Å². The number of nitrogens with one attached hydrogen (secondary N) is 1. The number of aromatic amines is 1. The van der Waals surface area contributed by atoms with E-state index in [0.717, 1.165) is 35.9 Å². The SMILES string of the molecule is OCC1CC=C(c2ccc3n[nH]nc3c2C(Cl)C2CC2)CC1. The Morgan fingerprint density at radius 1 is 1.27 bits per heavy atom. The number of aromatic nitrogens is 3. The number of aliphatic hydroxyl groups is 1. The number of alkyl halides is 1. The Bertz CT molecular complexity index is 720. The zero-order valence-electron chi connectivity index (χ0n) is 12.4. The summed E-state index contributed by atoms with van der Waals surface area (Å²) in [4.78, 5) is 0. The number of halogens is 1. The van der Waals surface area contributed by atoms with E-state index < -0.39 is 0 Å². The quantitative estimate of drug-likeness (QED) is 0.843. The summed E-state index contributed by atoms with van der Waals surface area (Å²) < 4.78 is 0. The number of allylic oxidation sites excluding steroid dienone is 2. The molecule has 2 aliphatic carbocycles. The molecular formula is C17H20ClN3O. The lowest BCUT2D eigenvalue weighted by Gasteiger charge is -2.23. The molecule has 2 atom stereocenters. The third-order valence-corrected chi connectivity index (χ3v) is 5.54. The van der Waals surface area contributed by atoms with Crippen molar-refractivity contribution in [3.05, 3.63) is 29.3 Å². The molecule has 1 saturated carbocycles. The van der Waals surface area contributed by atoms with Crippen LogP contribution in [-0.4, -0.2) is 27.1 Å². The number of H-pyrrole nitrogens is 1. The minimum absolute atomic E-state index is 0.0141. The van der Waals surface area contributed by atoms with E-state index in [1.54, 1.807) is 0 Å². The van der Waals surface area contributed by atoms with Crippen LogP contribution in [0.15, 0.2) is 18.2 Å². The van der Waals surface area contributed by atoms with E-state index in [1.165, 1.54) is 24.0 Å². The molecule has 4 nitrogen and oxygen atoms in total. The fourth-order valence-electron chi connectivity index (χ4n) is 3.42. The van der Waals surface area contributed by atoms with Crippen LogP contribution in [0.4, 0.5) is 0 Å². The maximum absolute atomic E-state index is 9.31. The summed E-state index contributed by atoms with van der Waals surface area (Å²) in [5, 5.41) is 20.6. The second kappa shape index (κ2) is 5.67. The minimum atomic E-state index is 0.0141. The van der Waals surface area contributed by atoms with Crippen LogP contribution in [0, 0.1) is 11.8 Å². The lowest BCUT2D eigenvalue weighted by molar-refractivity contribution is 0.218. The molecular weight excluding hydrogens is 298 g/mol. The van der Waals surface area contributed by atoms with Crippen molar-refractivity contribution < 1.29 is 5.11 Å². The molecule has 4 rings (SSSR count). The zero-order chi connectivity index (χ0) is 15.1. The smallest absolute Gasteiger partial charge is 0.118 e. The van der Waals surface area contributed by atoms with Gasteiger partial charge in [-0.15, -0.1) is 11.6 Å². The molecule has 0 aliphatic heterocycles. The van der Waals surface area contributed by atoms with Crippen molar-refractivity contribution in [3.8, 4) is 0 Å². The first-order chi connectivity index (χ1) is 10.8. The van der Waals surface area contributed by atoms with Crippen molar-refractivity contribution in [1.29, 1.82) is 0 Å². The first-order valence-corrected chi connectivity index (χ1v) is 8.49. The van der Waals surface area contributed by atoms with Crippen molar-refractivity contribution in [3.63, 3.8) is 0 Å². The molecule has 0 spiro atoms. The van der Waals surface area contributed by atoms with Gasteiger partial charge in [0.25, 0.3) is 0 Å². The molecule has 22 heavy (non-hydrogen) atoms. The molecule has 1 fully saturated rings. The van der Waals surface area contributed by atoms with Crippen molar-refractivity contribution >= 4 is 28.2 Å². The number of benzene rings is 1. The third-order valence-electron chi connectivity index (χ3n) is 4.96. The summed E-state index contributed by atoms with van der Waals surface area (Å²) in [7, 11) is 0. The molecule has 2 unspecified atom stereocenters. The zero-order valence-corrected chi connectivity index (χ0v) is 13.2. The van der Waals surface area contributed by atoms with Crippen molar-refractivity contribution in [2.45, 2.75) is 37.5 Å². The Hall–Kier alpha value is -1.39. The lowest BCUT2D eigenvalue weighted by atomic mass is 9.84. The van der Waals surface area contributed by atoms with Crippen LogP contribution in [-0.2, 0) is 0 Å². The molecule has 1 aromatic carbocycles. The van der Waals surface area contributed by atoms with Gasteiger partial charge in [0, 0.05) is 12.2 Å². The van der Waals surface area contributed by atoms with Gasteiger partial charge >= 0.3 is 0 Å². The van der Waals surface area contributed by atoms with E-state index in [4.69, 9.17) is 11.6 Å². The average Bonchev–Trinajstić information content (AvgIpc) is 3.31. The van der Waals surface area contributed by atoms with Crippen LogP contribution in [0.25, 0.3) is 16.6 Å². The second-order valence-electron chi connectivity index (χ2n) is 6.51. The van der Waals surface area contributed by atoms with Gasteiger partial charge in [-0.2, -0.15) is 15.4 Å². The number of hydrogen-bond acceptors (Lipinski definition) is 3. The molecule has 0 bridgehead atoms. The molecule has 116 valence electrons. The molecule has 1 aromatic heterocycles. The van der Waals surface area contributed by atoms with Crippen LogP contribution >= 0.6 is 11.6 Å². The molecule has 2 aromatic rings. The summed E-state index contributed by atoms with van der Waals surface area (Å²) in [6.45, 7) is 0.277. The summed E-state index contributed by atoms with van der Waals surface area (Å²) in [5.74, 6) is 0.968. The highest BCUT2D eigenvalue weighted by Crippen LogP contribution is 2.49. The average molecular weight is 318 g/mol. The van der Waals surface area contributed by atoms with Gasteiger partial charge in [-0.05, 0) is 61.1 Å². The van der Waals surface area contributed by atoms with Gasteiger partial charge in [0.2, 0.25) is 0 Å². The maximum Gasteiger partial charge on any atom is 0.118 e. The first kappa shape index (κ1) is 14.2. The van der Waals surface area contributed by atoms with Gasteiger partial charge in [-0.25, -0.2) is 0 Å². The second-order valence-corrected chi connectivity index (χ2v) is 6.98. The van der Waals surface area contributed by atoms with Crippen LogP contribution in [0.2, 0.25) is 0 Å². The molecule has 1 heterocycles. The highest BCUT2D eigenvalue weighted by Gasteiger charge is 2.34.